The summed E-state index contributed by atoms with van der Waals surface area (Å²) in [7, 11) is 0. The van der Waals surface area contributed by atoms with Crippen molar-refractivity contribution in [3.8, 4) is 22.3 Å². The fourth-order valence-electron chi connectivity index (χ4n) is 4.52. The molecule has 0 amide bonds. The number of rotatable bonds is 2. The van der Waals surface area contributed by atoms with Gasteiger partial charge in [0.05, 0.1) is 0 Å². The predicted octanol–water partition coefficient (Wildman–Crippen LogP) is 8.99. The molecule has 0 aliphatic heterocycles. The molecule has 1 heterocycles. The Kier molecular flexibility index (Phi) is 4.52. The Morgan fingerprint density at radius 3 is 2.00 bits per heavy atom. The second-order valence-corrected chi connectivity index (χ2v) is 10.2. The third kappa shape index (κ3) is 3.14. The van der Waals surface area contributed by atoms with Crippen molar-refractivity contribution in [2.24, 2.45) is 0 Å². The van der Waals surface area contributed by atoms with Crippen molar-refractivity contribution >= 4 is 31.5 Å². The number of benzene rings is 4. The Hall–Kier alpha value is -2.90. The fourth-order valence-corrected chi connectivity index (χ4v) is 5.75. The van der Waals surface area contributed by atoms with Gasteiger partial charge in [-0.25, -0.2) is 0 Å². The first-order chi connectivity index (χ1) is 14.4. The molecule has 0 bridgehead atoms. The molecule has 4 aromatic carbocycles. The molecule has 1 aromatic heterocycles. The van der Waals surface area contributed by atoms with Gasteiger partial charge in [-0.15, -0.1) is 11.3 Å². The molecule has 1 heteroatoms. The van der Waals surface area contributed by atoms with Crippen LogP contribution < -0.4 is 0 Å². The van der Waals surface area contributed by atoms with Crippen molar-refractivity contribution in [1.82, 2.24) is 0 Å². The number of hydrogen-bond acceptors (Lipinski definition) is 1. The zero-order chi connectivity index (χ0) is 20.9. The van der Waals surface area contributed by atoms with E-state index in [0.717, 1.165) is 0 Å². The molecule has 0 aliphatic rings. The first-order valence-electron chi connectivity index (χ1n) is 10.5. The molecular formula is C29H26S. The Bertz CT molecular complexity index is 1360. The highest BCUT2D eigenvalue weighted by atomic mass is 32.1. The maximum Gasteiger partial charge on any atom is 0.0433 e. The van der Waals surface area contributed by atoms with Crippen molar-refractivity contribution in [2.75, 3.05) is 0 Å². The molecule has 0 N–H and O–H groups in total. The van der Waals surface area contributed by atoms with Crippen LogP contribution in [0.3, 0.4) is 0 Å². The zero-order valence-electron chi connectivity index (χ0n) is 18.0. The summed E-state index contributed by atoms with van der Waals surface area (Å²) in [6.07, 6.45) is 0. The van der Waals surface area contributed by atoms with Gasteiger partial charge in [0.2, 0.25) is 0 Å². The third-order valence-electron chi connectivity index (χ3n) is 5.87. The molecule has 0 unspecified atom stereocenters. The van der Waals surface area contributed by atoms with E-state index in [1.165, 1.54) is 53.6 Å². The molecule has 5 aromatic rings. The van der Waals surface area contributed by atoms with Gasteiger partial charge in [0.15, 0.2) is 0 Å². The average molecular weight is 407 g/mol. The lowest BCUT2D eigenvalue weighted by atomic mass is 9.77. The van der Waals surface area contributed by atoms with E-state index in [4.69, 9.17) is 0 Å². The average Bonchev–Trinajstić information content (AvgIpc) is 3.12. The second-order valence-electron chi connectivity index (χ2n) is 9.12. The Labute approximate surface area is 182 Å². The molecule has 0 aliphatic carbocycles. The van der Waals surface area contributed by atoms with Gasteiger partial charge in [-0.2, -0.15) is 0 Å². The Balaban J connectivity index is 1.84. The highest BCUT2D eigenvalue weighted by molar-refractivity contribution is 7.26. The summed E-state index contributed by atoms with van der Waals surface area (Å²) in [4.78, 5) is 0. The van der Waals surface area contributed by atoms with Gasteiger partial charge in [0.25, 0.3) is 0 Å². The molecule has 0 nitrogen and oxygen atoms in total. The van der Waals surface area contributed by atoms with Crippen molar-refractivity contribution in [3.63, 3.8) is 0 Å². The summed E-state index contributed by atoms with van der Waals surface area (Å²) in [5.74, 6) is 0. The van der Waals surface area contributed by atoms with E-state index >= 15 is 0 Å². The van der Waals surface area contributed by atoms with Crippen LogP contribution in [-0.4, -0.2) is 0 Å². The van der Waals surface area contributed by atoms with E-state index in [1.807, 2.05) is 11.3 Å². The van der Waals surface area contributed by atoms with Crippen molar-refractivity contribution in [1.29, 1.82) is 0 Å². The lowest BCUT2D eigenvalue weighted by Crippen LogP contribution is -2.14. The molecule has 5 rings (SSSR count). The van der Waals surface area contributed by atoms with Gasteiger partial charge in [-0.3, -0.25) is 0 Å². The van der Waals surface area contributed by atoms with Gasteiger partial charge in [0.1, 0.15) is 0 Å². The van der Waals surface area contributed by atoms with E-state index in [0.29, 0.717) is 0 Å². The quantitative estimate of drug-likeness (QED) is 0.274. The van der Waals surface area contributed by atoms with Crippen LogP contribution in [0.2, 0.25) is 0 Å². The predicted molar refractivity (Wildman–Crippen MR) is 134 cm³/mol. The summed E-state index contributed by atoms with van der Waals surface area (Å²) in [5.41, 5.74) is 8.04. The van der Waals surface area contributed by atoms with Crippen LogP contribution in [-0.2, 0) is 5.41 Å². The number of aryl methyl sites for hydroxylation is 1. The molecule has 0 fully saturated rings. The molecule has 148 valence electrons. The van der Waals surface area contributed by atoms with Crippen LogP contribution in [0, 0.1) is 6.92 Å². The highest BCUT2D eigenvalue weighted by Crippen LogP contribution is 2.45. The van der Waals surface area contributed by atoms with Gasteiger partial charge < -0.3 is 0 Å². The van der Waals surface area contributed by atoms with Gasteiger partial charge in [-0.1, -0.05) is 105 Å². The largest absolute Gasteiger partial charge is 0.135 e. The standard InChI is InChI=1S/C29H26S/c1-19-15-17-20(18-16-19)21-10-7-11-23(27(21)29(2,3)4)25-13-8-12-24-22-9-5-6-14-26(22)30-28(24)25/h5-18H,1-4H3. The Morgan fingerprint density at radius 1 is 0.600 bits per heavy atom. The van der Waals surface area contributed by atoms with Crippen molar-refractivity contribution < 1.29 is 0 Å². The first-order valence-corrected chi connectivity index (χ1v) is 11.4. The van der Waals surface area contributed by atoms with Crippen LogP contribution in [0.25, 0.3) is 42.4 Å². The molecule has 0 saturated heterocycles. The van der Waals surface area contributed by atoms with Gasteiger partial charge >= 0.3 is 0 Å². The minimum atomic E-state index is 0.0235. The summed E-state index contributed by atoms with van der Waals surface area (Å²) in [6.45, 7) is 9.13. The van der Waals surface area contributed by atoms with Crippen LogP contribution in [0.4, 0.5) is 0 Å². The fraction of sp³-hybridized carbons (Fsp3) is 0.172. The minimum Gasteiger partial charge on any atom is -0.135 e. The monoisotopic (exact) mass is 406 g/mol. The molecule has 30 heavy (non-hydrogen) atoms. The van der Waals surface area contributed by atoms with Gasteiger partial charge in [-0.05, 0) is 46.2 Å². The number of thiophene rings is 1. The van der Waals surface area contributed by atoms with Crippen LogP contribution in [0.15, 0.2) is 84.9 Å². The third-order valence-corrected chi connectivity index (χ3v) is 7.09. The first kappa shape index (κ1) is 19.1. The molecule has 0 atom stereocenters. The molecule has 0 spiro atoms. The summed E-state index contributed by atoms with van der Waals surface area (Å²) in [5, 5.41) is 2.71. The van der Waals surface area contributed by atoms with Crippen LogP contribution >= 0.6 is 11.3 Å². The normalized spacial score (nSPS) is 12.0. The van der Waals surface area contributed by atoms with Crippen molar-refractivity contribution in [3.05, 3.63) is 96.1 Å². The SMILES string of the molecule is Cc1ccc(-c2cccc(-c3cccc4c3sc3ccccc34)c2C(C)(C)C)cc1. The molecular weight excluding hydrogens is 380 g/mol. The summed E-state index contributed by atoms with van der Waals surface area (Å²) in [6, 6.07) is 31.2. The molecule has 0 radical (unpaired) electrons. The summed E-state index contributed by atoms with van der Waals surface area (Å²) < 4.78 is 2.73. The van der Waals surface area contributed by atoms with E-state index in [-0.39, 0.29) is 5.41 Å². The zero-order valence-corrected chi connectivity index (χ0v) is 18.8. The van der Waals surface area contributed by atoms with Crippen LogP contribution in [0.5, 0.6) is 0 Å². The smallest absolute Gasteiger partial charge is 0.0433 e. The minimum absolute atomic E-state index is 0.0235. The summed E-state index contributed by atoms with van der Waals surface area (Å²) >= 11 is 1.91. The van der Waals surface area contributed by atoms with Gasteiger partial charge in [0, 0.05) is 20.2 Å². The maximum atomic E-state index is 2.33. The van der Waals surface area contributed by atoms with E-state index in [9.17, 15) is 0 Å². The second kappa shape index (κ2) is 7.11. The molecule has 0 saturated carbocycles. The lowest BCUT2D eigenvalue weighted by Gasteiger charge is -2.27. The van der Waals surface area contributed by atoms with Crippen molar-refractivity contribution in [2.45, 2.75) is 33.1 Å². The number of fused-ring (bicyclic) bond motifs is 3. The maximum absolute atomic E-state index is 2.33. The number of hydrogen-bond donors (Lipinski definition) is 0. The van der Waals surface area contributed by atoms with E-state index < -0.39 is 0 Å². The van der Waals surface area contributed by atoms with E-state index in [2.05, 4.69) is 113 Å². The lowest BCUT2D eigenvalue weighted by molar-refractivity contribution is 0.594. The Morgan fingerprint density at radius 2 is 1.23 bits per heavy atom. The highest BCUT2D eigenvalue weighted by Gasteiger charge is 2.24. The van der Waals surface area contributed by atoms with Crippen LogP contribution in [0.1, 0.15) is 31.9 Å². The van der Waals surface area contributed by atoms with E-state index in [1.54, 1.807) is 0 Å². The topological polar surface area (TPSA) is 0 Å².